The number of aromatic nitrogens is 4. The van der Waals surface area contributed by atoms with Crippen molar-refractivity contribution in [2.45, 2.75) is 33.7 Å². The maximum atomic E-state index is 14.0. The summed E-state index contributed by atoms with van der Waals surface area (Å²) in [5, 5.41) is 4.65. The smallest absolute Gasteiger partial charge is 0.244 e. The Bertz CT molecular complexity index is 1100. The van der Waals surface area contributed by atoms with Crippen LogP contribution in [-0.2, 0) is 17.8 Å². The molecular formula is C23H26F2N6O. The Morgan fingerprint density at radius 3 is 2.22 bits per heavy atom. The topological polar surface area (TPSA) is 67.2 Å². The first kappa shape index (κ1) is 21.9. The number of piperazine rings is 1. The lowest BCUT2D eigenvalue weighted by Crippen LogP contribution is -2.50. The molecule has 7 nitrogen and oxygen atoms in total. The molecule has 0 radical (unpaired) electrons. The molecule has 1 amide bonds. The van der Waals surface area contributed by atoms with Crippen LogP contribution >= 0.6 is 0 Å². The summed E-state index contributed by atoms with van der Waals surface area (Å²) in [6.45, 7) is 7.87. The molecule has 2 aromatic heterocycles. The van der Waals surface area contributed by atoms with E-state index < -0.39 is 5.82 Å². The van der Waals surface area contributed by atoms with Gasteiger partial charge in [0, 0.05) is 37.4 Å². The van der Waals surface area contributed by atoms with E-state index >= 15 is 0 Å². The molecule has 168 valence electrons. The van der Waals surface area contributed by atoms with E-state index in [2.05, 4.69) is 15.1 Å². The maximum Gasteiger partial charge on any atom is 0.244 e. The molecule has 3 heterocycles. The van der Waals surface area contributed by atoms with Gasteiger partial charge in [0.25, 0.3) is 0 Å². The minimum Gasteiger partial charge on any atom is -0.338 e. The predicted molar refractivity (Wildman–Crippen MR) is 117 cm³/mol. The molecule has 0 aliphatic carbocycles. The average molecular weight is 440 g/mol. The van der Waals surface area contributed by atoms with Gasteiger partial charge in [0.2, 0.25) is 11.9 Å². The van der Waals surface area contributed by atoms with Gasteiger partial charge in [0.1, 0.15) is 12.4 Å². The largest absolute Gasteiger partial charge is 0.338 e. The van der Waals surface area contributed by atoms with Crippen LogP contribution in [-0.4, -0.2) is 56.7 Å². The summed E-state index contributed by atoms with van der Waals surface area (Å²) in [7, 11) is 0. The number of amides is 1. The minimum absolute atomic E-state index is 0.0134. The fraction of sp³-hybridized carbons (Fsp3) is 0.391. The molecule has 0 atom stereocenters. The van der Waals surface area contributed by atoms with Crippen LogP contribution in [0.15, 0.2) is 30.6 Å². The molecule has 1 aromatic carbocycles. The summed E-state index contributed by atoms with van der Waals surface area (Å²) in [4.78, 5) is 24.7. The van der Waals surface area contributed by atoms with Crippen molar-refractivity contribution in [3.8, 4) is 11.3 Å². The average Bonchev–Trinajstić information content (AvgIpc) is 3.20. The lowest BCUT2D eigenvalue weighted by Gasteiger charge is -2.34. The third-order valence-electron chi connectivity index (χ3n) is 5.76. The Balaban J connectivity index is 1.44. The van der Waals surface area contributed by atoms with E-state index in [9.17, 15) is 13.6 Å². The molecule has 3 aromatic rings. The summed E-state index contributed by atoms with van der Waals surface area (Å²) in [5.74, 6) is -0.225. The molecule has 9 heteroatoms. The zero-order valence-electron chi connectivity index (χ0n) is 18.5. The molecule has 1 fully saturated rings. The van der Waals surface area contributed by atoms with Crippen molar-refractivity contribution in [2.24, 2.45) is 0 Å². The van der Waals surface area contributed by atoms with Gasteiger partial charge in [0.05, 0.1) is 18.1 Å². The van der Waals surface area contributed by atoms with Gasteiger partial charge >= 0.3 is 0 Å². The summed E-state index contributed by atoms with van der Waals surface area (Å²) in [6, 6.07) is 5.53. The first-order valence-corrected chi connectivity index (χ1v) is 10.7. The van der Waals surface area contributed by atoms with Gasteiger partial charge in [-0.2, -0.15) is 5.10 Å². The van der Waals surface area contributed by atoms with Gasteiger partial charge < -0.3 is 9.80 Å². The summed E-state index contributed by atoms with van der Waals surface area (Å²) >= 11 is 0. The number of hydrogen-bond acceptors (Lipinski definition) is 5. The number of halogens is 2. The molecule has 0 N–H and O–H groups in total. The number of nitrogens with zero attached hydrogens (tertiary/aromatic N) is 6. The number of hydrogen-bond donors (Lipinski definition) is 0. The molecule has 1 aliphatic rings. The Morgan fingerprint density at radius 2 is 1.62 bits per heavy atom. The zero-order chi connectivity index (χ0) is 22.8. The van der Waals surface area contributed by atoms with E-state index in [4.69, 9.17) is 0 Å². The van der Waals surface area contributed by atoms with Gasteiger partial charge in [-0.25, -0.2) is 18.7 Å². The highest BCUT2D eigenvalue weighted by Crippen LogP contribution is 2.25. The lowest BCUT2D eigenvalue weighted by molar-refractivity contribution is -0.132. The van der Waals surface area contributed by atoms with Crippen molar-refractivity contribution in [1.29, 1.82) is 0 Å². The van der Waals surface area contributed by atoms with E-state index in [1.54, 1.807) is 35.6 Å². The van der Waals surface area contributed by atoms with E-state index in [1.807, 2.05) is 17.9 Å². The van der Waals surface area contributed by atoms with Crippen LogP contribution in [0.1, 0.15) is 23.7 Å². The zero-order valence-corrected chi connectivity index (χ0v) is 18.5. The highest BCUT2D eigenvalue weighted by atomic mass is 19.1. The SMILES string of the molecule is CCc1cc(-c2cc(C)c(F)c(C)c2)nn1CC(=O)N1CCN(c2ncc(F)cn2)CC1. The van der Waals surface area contributed by atoms with Gasteiger partial charge in [-0.1, -0.05) is 6.92 Å². The molecule has 0 unspecified atom stereocenters. The number of anilines is 1. The first-order valence-electron chi connectivity index (χ1n) is 10.7. The fourth-order valence-corrected chi connectivity index (χ4v) is 3.96. The lowest BCUT2D eigenvalue weighted by atomic mass is 10.0. The van der Waals surface area contributed by atoms with Crippen molar-refractivity contribution in [1.82, 2.24) is 24.6 Å². The Labute approximate surface area is 185 Å². The second-order valence-corrected chi connectivity index (χ2v) is 8.03. The Morgan fingerprint density at radius 1 is 1.00 bits per heavy atom. The van der Waals surface area contributed by atoms with E-state index in [0.29, 0.717) is 43.3 Å². The van der Waals surface area contributed by atoms with Gasteiger partial charge in [-0.15, -0.1) is 0 Å². The molecule has 32 heavy (non-hydrogen) atoms. The van der Waals surface area contributed by atoms with Gasteiger partial charge in [-0.3, -0.25) is 9.48 Å². The minimum atomic E-state index is -0.473. The highest BCUT2D eigenvalue weighted by Gasteiger charge is 2.24. The normalized spacial score (nSPS) is 14.2. The predicted octanol–water partition coefficient (Wildman–Crippen LogP) is 3.15. The molecule has 0 spiro atoms. The Hall–Kier alpha value is -3.36. The summed E-state index contributed by atoms with van der Waals surface area (Å²) in [6.07, 6.45) is 3.02. The summed E-state index contributed by atoms with van der Waals surface area (Å²) < 4.78 is 28.8. The van der Waals surface area contributed by atoms with E-state index in [0.717, 1.165) is 35.8 Å². The second-order valence-electron chi connectivity index (χ2n) is 8.03. The Kier molecular flexibility index (Phi) is 6.16. The molecule has 1 aliphatic heterocycles. The number of benzene rings is 1. The molecule has 1 saturated heterocycles. The molecule has 0 bridgehead atoms. The standard InChI is InChI=1S/C23H26F2N6O/c1-4-19-11-20(17-9-15(2)22(25)16(3)10-17)28-31(19)14-21(32)29-5-7-30(8-6-29)23-26-12-18(24)13-27-23/h9-13H,4-8,14H2,1-3H3. The molecule has 4 rings (SSSR count). The second kappa shape index (κ2) is 9.02. The van der Waals surface area contributed by atoms with Gasteiger partial charge in [-0.05, 0) is 49.6 Å². The number of rotatable bonds is 5. The van der Waals surface area contributed by atoms with Crippen molar-refractivity contribution in [3.63, 3.8) is 0 Å². The van der Waals surface area contributed by atoms with Crippen molar-refractivity contribution in [2.75, 3.05) is 31.1 Å². The van der Waals surface area contributed by atoms with E-state index in [1.165, 1.54) is 0 Å². The van der Waals surface area contributed by atoms with Crippen LogP contribution in [0.3, 0.4) is 0 Å². The quantitative estimate of drug-likeness (QED) is 0.610. The maximum absolute atomic E-state index is 14.0. The van der Waals surface area contributed by atoms with Crippen LogP contribution in [0.25, 0.3) is 11.3 Å². The molecule has 0 saturated carbocycles. The van der Waals surface area contributed by atoms with Crippen LogP contribution in [0.5, 0.6) is 0 Å². The molecular weight excluding hydrogens is 414 g/mol. The van der Waals surface area contributed by atoms with Crippen molar-refractivity contribution < 1.29 is 13.6 Å². The van der Waals surface area contributed by atoms with Crippen molar-refractivity contribution >= 4 is 11.9 Å². The third kappa shape index (κ3) is 4.46. The number of aryl methyl sites for hydroxylation is 3. The van der Waals surface area contributed by atoms with Crippen LogP contribution in [0.2, 0.25) is 0 Å². The number of carbonyl (C=O) groups is 1. The van der Waals surface area contributed by atoms with Crippen molar-refractivity contribution in [3.05, 3.63) is 59.0 Å². The summed E-state index contributed by atoms with van der Waals surface area (Å²) in [5.41, 5.74) is 3.68. The van der Waals surface area contributed by atoms with Gasteiger partial charge in [0.15, 0.2) is 5.82 Å². The highest BCUT2D eigenvalue weighted by molar-refractivity contribution is 5.76. The third-order valence-corrected chi connectivity index (χ3v) is 5.76. The first-order chi connectivity index (χ1) is 15.4. The number of carbonyl (C=O) groups excluding carboxylic acids is 1. The van der Waals surface area contributed by atoms with Crippen LogP contribution in [0, 0.1) is 25.5 Å². The van der Waals surface area contributed by atoms with Crippen LogP contribution in [0.4, 0.5) is 14.7 Å². The fourth-order valence-electron chi connectivity index (χ4n) is 3.96. The van der Waals surface area contributed by atoms with Crippen LogP contribution < -0.4 is 4.90 Å². The monoisotopic (exact) mass is 440 g/mol. The van der Waals surface area contributed by atoms with E-state index in [-0.39, 0.29) is 18.3 Å².